The van der Waals surface area contributed by atoms with Crippen LogP contribution in [0.2, 0.25) is 0 Å². The smallest absolute Gasteiger partial charge is 0.497 e. The molecule has 4 aromatic rings. The molecular formula is C31H29F3N6O5S. The van der Waals surface area contributed by atoms with Crippen molar-refractivity contribution in [1.29, 1.82) is 0 Å². The van der Waals surface area contributed by atoms with Crippen molar-refractivity contribution in [1.82, 2.24) is 20.2 Å². The molecule has 1 N–H and O–H groups in total. The number of ether oxygens (including phenoxy) is 2. The van der Waals surface area contributed by atoms with E-state index in [1.54, 1.807) is 13.2 Å². The minimum absolute atomic E-state index is 0.122. The number of hydrogen-bond acceptors (Lipinski definition) is 8. The topological polar surface area (TPSA) is 120 Å². The second kappa shape index (κ2) is 14.0. The van der Waals surface area contributed by atoms with Crippen molar-refractivity contribution in [2.24, 2.45) is 4.99 Å². The number of halogens is 3. The summed E-state index contributed by atoms with van der Waals surface area (Å²) in [5, 5.41) is 4.65. The summed E-state index contributed by atoms with van der Waals surface area (Å²) in [6, 6.07) is 17.4. The Labute approximate surface area is 266 Å². The van der Waals surface area contributed by atoms with Gasteiger partial charge in [0.25, 0.3) is 0 Å². The normalized spacial score (nSPS) is 14.3. The van der Waals surface area contributed by atoms with Crippen LogP contribution in [0.4, 0.5) is 23.7 Å². The molecule has 0 aliphatic carbocycles. The van der Waals surface area contributed by atoms with Crippen LogP contribution in [0.3, 0.4) is 0 Å². The number of hydrogen-bond donors (Lipinski definition) is 1. The molecule has 0 atom stereocenters. The van der Waals surface area contributed by atoms with Gasteiger partial charge in [-0.3, -0.25) is 14.5 Å². The number of amidine groups is 1. The average molecular weight is 655 g/mol. The molecule has 2 heterocycles. The van der Waals surface area contributed by atoms with Crippen molar-refractivity contribution in [2.75, 3.05) is 24.4 Å². The Morgan fingerprint density at radius 1 is 1.07 bits per heavy atom. The first kappa shape index (κ1) is 32.5. The number of benzene rings is 3. The zero-order valence-electron chi connectivity index (χ0n) is 24.9. The monoisotopic (exact) mass is 654 g/mol. The fourth-order valence-corrected chi connectivity index (χ4v) is 5.40. The summed E-state index contributed by atoms with van der Waals surface area (Å²) in [5.74, 6) is 0.771. The van der Waals surface area contributed by atoms with Gasteiger partial charge in [-0.05, 0) is 53.8 Å². The van der Waals surface area contributed by atoms with Gasteiger partial charge in [-0.1, -0.05) is 55.9 Å². The van der Waals surface area contributed by atoms with Gasteiger partial charge in [0.05, 0.1) is 30.8 Å². The van der Waals surface area contributed by atoms with Gasteiger partial charge in [-0.15, -0.1) is 18.3 Å². The van der Waals surface area contributed by atoms with Gasteiger partial charge in [0.1, 0.15) is 17.8 Å². The van der Waals surface area contributed by atoms with Gasteiger partial charge >= 0.3 is 12.4 Å². The van der Waals surface area contributed by atoms with Crippen molar-refractivity contribution in [2.45, 2.75) is 32.5 Å². The number of methoxy groups -OCH3 is 1. The Morgan fingerprint density at radius 2 is 1.78 bits per heavy atom. The van der Waals surface area contributed by atoms with Gasteiger partial charge in [-0.2, -0.15) is 4.99 Å². The summed E-state index contributed by atoms with van der Waals surface area (Å²) in [5.41, 5.74) is 6.02. The Bertz CT molecular complexity index is 1730. The summed E-state index contributed by atoms with van der Waals surface area (Å²) in [6.07, 6.45) is -2.83. The quantitative estimate of drug-likeness (QED) is 0.157. The summed E-state index contributed by atoms with van der Waals surface area (Å²) >= 11 is 1.17. The summed E-state index contributed by atoms with van der Waals surface area (Å²) in [4.78, 5) is 40.4. The number of thioether (sulfide) groups is 1. The van der Waals surface area contributed by atoms with E-state index in [4.69, 9.17) is 9.57 Å². The fourth-order valence-electron chi connectivity index (χ4n) is 4.55. The zero-order valence-corrected chi connectivity index (χ0v) is 25.8. The maximum absolute atomic E-state index is 12.8. The first-order valence-corrected chi connectivity index (χ1v) is 15.0. The third-order valence-corrected chi connectivity index (χ3v) is 7.68. The van der Waals surface area contributed by atoms with E-state index < -0.39 is 12.4 Å². The lowest BCUT2D eigenvalue weighted by molar-refractivity contribution is -0.274. The molecule has 240 valence electrons. The number of hydroxylamine groups is 1. The first-order chi connectivity index (χ1) is 22.0. The maximum Gasteiger partial charge on any atom is 0.573 e. The van der Waals surface area contributed by atoms with Gasteiger partial charge in [0.15, 0.2) is 11.0 Å². The van der Waals surface area contributed by atoms with Crippen LogP contribution in [0.15, 0.2) is 78.0 Å². The molecule has 1 fully saturated rings. The maximum atomic E-state index is 12.8. The number of nitrogens with one attached hydrogen (secondary N) is 1. The lowest BCUT2D eigenvalue weighted by atomic mass is 10.00. The number of urea groups is 1. The number of alkyl halides is 3. The molecule has 0 radical (unpaired) electrons. The number of amides is 3. The molecule has 1 aliphatic heterocycles. The van der Waals surface area contributed by atoms with E-state index >= 15 is 0 Å². The fraction of sp³-hybridized carbons (Fsp3) is 0.258. The molecule has 0 saturated carbocycles. The van der Waals surface area contributed by atoms with Crippen molar-refractivity contribution in [3.8, 4) is 28.6 Å². The predicted molar refractivity (Wildman–Crippen MR) is 166 cm³/mol. The van der Waals surface area contributed by atoms with Crippen molar-refractivity contribution in [3.63, 3.8) is 0 Å². The molecule has 46 heavy (non-hydrogen) atoms. The van der Waals surface area contributed by atoms with Crippen molar-refractivity contribution >= 4 is 34.6 Å². The number of aliphatic imine (C=N–C) groups is 1. The number of aromatic nitrogens is 3. The number of carbonyl (C=O) groups is 2. The Balaban J connectivity index is 1.14. The van der Waals surface area contributed by atoms with Crippen molar-refractivity contribution in [3.05, 3.63) is 84.2 Å². The van der Waals surface area contributed by atoms with E-state index in [9.17, 15) is 22.8 Å². The molecule has 0 unspecified atom stereocenters. The summed E-state index contributed by atoms with van der Waals surface area (Å²) < 4.78 is 47.9. The molecule has 1 aliphatic rings. The highest BCUT2D eigenvalue weighted by atomic mass is 32.2. The van der Waals surface area contributed by atoms with Gasteiger partial charge in [0.2, 0.25) is 5.91 Å². The van der Waals surface area contributed by atoms with E-state index in [1.807, 2.05) is 50.2 Å². The van der Waals surface area contributed by atoms with E-state index in [-0.39, 0.29) is 35.1 Å². The standard InChI is InChI=1S/C31H29F3N6O5S/c1-19(2)25-13-12-24(43-3)16-26(25)40-27(41)17-46-30(40)36-29(42)38-44-15-14-20-4-6-21(7-5-20)28-35-18-39(37-28)22-8-10-23(11-9-22)45-31(32,33)34/h4-13,16,18-19H,14-15,17H2,1-3H3,(H,38,42). The number of nitrogens with zero attached hydrogens (tertiary/aromatic N) is 5. The highest BCUT2D eigenvalue weighted by molar-refractivity contribution is 8.15. The molecule has 5 rings (SSSR count). The first-order valence-electron chi connectivity index (χ1n) is 14.0. The van der Waals surface area contributed by atoms with Crippen LogP contribution in [-0.4, -0.2) is 57.7 Å². The van der Waals surface area contributed by atoms with Crippen LogP contribution in [0.25, 0.3) is 17.1 Å². The SMILES string of the molecule is COc1ccc(C(C)C)c(N2C(=O)CSC2=NC(=O)NOCCc2ccc(-c3ncn(-c4ccc(OC(F)(F)F)cc4)n3)cc2)c1. The van der Waals surface area contributed by atoms with Crippen LogP contribution in [0.5, 0.6) is 11.5 Å². The minimum Gasteiger partial charge on any atom is -0.497 e. The van der Waals surface area contributed by atoms with Gasteiger partial charge in [0, 0.05) is 11.6 Å². The molecule has 3 amide bonds. The van der Waals surface area contributed by atoms with E-state index in [0.717, 1.165) is 16.7 Å². The molecule has 1 aromatic heterocycles. The molecular weight excluding hydrogens is 625 g/mol. The Morgan fingerprint density at radius 3 is 2.46 bits per heavy atom. The molecule has 11 nitrogen and oxygen atoms in total. The van der Waals surface area contributed by atoms with Crippen LogP contribution >= 0.6 is 11.8 Å². The largest absolute Gasteiger partial charge is 0.573 e. The number of rotatable bonds is 10. The van der Waals surface area contributed by atoms with Gasteiger partial charge in [-0.25, -0.2) is 19.9 Å². The molecule has 0 bridgehead atoms. The minimum atomic E-state index is -4.76. The van der Waals surface area contributed by atoms with Crippen LogP contribution in [0, 0.1) is 0 Å². The second-order valence-electron chi connectivity index (χ2n) is 10.2. The highest BCUT2D eigenvalue weighted by Crippen LogP contribution is 2.36. The third kappa shape index (κ3) is 8.03. The van der Waals surface area contributed by atoms with E-state index in [0.29, 0.717) is 29.4 Å². The molecule has 15 heteroatoms. The van der Waals surface area contributed by atoms with Crippen LogP contribution < -0.4 is 19.9 Å². The Hall–Kier alpha value is -4.89. The lowest BCUT2D eigenvalue weighted by Crippen LogP contribution is -2.32. The Kier molecular flexibility index (Phi) is 9.92. The van der Waals surface area contributed by atoms with E-state index in [2.05, 4.69) is 25.3 Å². The predicted octanol–water partition coefficient (Wildman–Crippen LogP) is 6.28. The number of carbonyl (C=O) groups excluding carboxylic acids is 2. The van der Waals surface area contributed by atoms with Crippen molar-refractivity contribution < 1.29 is 37.1 Å². The van der Waals surface area contributed by atoms with Crippen LogP contribution in [-0.2, 0) is 16.1 Å². The summed E-state index contributed by atoms with van der Waals surface area (Å²) in [7, 11) is 1.55. The molecule has 1 saturated heterocycles. The summed E-state index contributed by atoms with van der Waals surface area (Å²) in [6.45, 7) is 4.20. The zero-order chi connectivity index (χ0) is 32.8. The second-order valence-corrected chi connectivity index (χ2v) is 11.2. The third-order valence-electron chi connectivity index (χ3n) is 6.75. The van der Waals surface area contributed by atoms with E-state index in [1.165, 1.54) is 51.9 Å². The van der Waals surface area contributed by atoms with Crippen LogP contribution in [0.1, 0.15) is 30.9 Å². The molecule has 0 spiro atoms. The average Bonchev–Trinajstić information content (AvgIpc) is 3.66. The highest BCUT2D eigenvalue weighted by Gasteiger charge is 2.33. The number of anilines is 1. The lowest BCUT2D eigenvalue weighted by Gasteiger charge is -2.22. The molecule has 3 aromatic carbocycles. The van der Waals surface area contributed by atoms with Gasteiger partial charge < -0.3 is 9.47 Å².